The van der Waals surface area contributed by atoms with Gasteiger partial charge in [-0.2, -0.15) is 0 Å². The third kappa shape index (κ3) is 7.57. The zero-order valence-electron chi connectivity index (χ0n) is 9.05. The van der Waals surface area contributed by atoms with Gasteiger partial charge in [-0.15, -0.1) is 0 Å². The van der Waals surface area contributed by atoms with Gasteiger partial charge in [0.2, 0.25) is 0 Å². The molecule has 0 heterocycles. The minimum atomic E-state index is 0.790. The van der Waals surface area contributed by atoms with Crippen molar-refractivity contribution in [1.82, 2.24) is 4.90 Å². The average molecular weight is 183 g/mol. The van der Waals surface area contributed by atoms with Crippen molar-refractivity contribution in [3.8, 4) is 0 Å². The van der Waals surface area contributed by atoms with Gasteiger partial charge in [0.1, 0.15) is 6.29 Å². The topological polar surface area (TPSA) is 20.3 Å². The summed E-state index contributed by atoms with van der Waals surface area (Å²) in [6, 6.07) is 0. The molecule has 0 spiro atoms. The zero-order chi connectivity index (χ0) is 10.1. The Morgan fingerprint density at radius 2 is 2.00 bits per heavy atom. The number of unbranched alkanes of at least 4 members (excludes halogenated alkanes) is 3. The highest BCUT2D eigenvalue weighted by Crippen LogP contribution is 2.01. The lowest BCUT2D eigenvalue weighted by molar-refractivity contribution is -0.104. The molecule has 0 aromatic carbocycles. The Morgan fingerprint density at radius 1 is 1.31 bits per heavy atom. The first-order chi connectivity index (χ1) is 6.20. The van der Waals surface area contributed by atoms with Crippen LogP contribution in [0.5, 0.6) is 0 Å². The molecule has 0 rings (SSSR count). The minimum absolute atomic E-state index is 0.790. The molecule has 13 heavy (non-hydrogen) atoms. The molecular formula is C11H21NO. The number of nitrogens with zero attached hydrogens (tertiary/aromatic N) is 1. The Hall–Kier alpha value is -0.790. The van der Waals surface area contributed by atoms with E-state index in [0.717, 1.165) is 18.4 Å². The summed E-state index contributed by atoms with van der Waals surface area (Å²) in [5.74, 6) is 0. The molecule has 0 aromatic heterocycles. The summed E-state index contributed by atoms with van der Waals surface area (Å²) < 4.78 is 0. The third-order valence-electron chi connectivity index (χ3n) is 1.97. The number of carbonyl (C=O) groups excluding carboxylic acids is 1. The first kappa shape index (κ1) is 12.2. The smallest absolute Gasteiger partial charge is 0.147 e. The Kier molecular flexibility index (Phi) is 7.36. The standard InChI is InChI=1S/C11H21NO/c1-4-5-6-7-8-12(3)9-11(2)10-13/h9-10H,4-8H2,1-3H3. The molecule has 2 heteroatoms. The van der Waals surface area contributed by atoms with Crippen LogP contribution < -0.4 is 0 Å². The number of aldehydes is 1. The first-order valence-corrected chi connectivity index (χ1v) is 5.04. The van der Waals surface area contributed by atoms with Gasteiger partial charge < -0.3 is 4.90 Å². The summed E-state index contributed by atoms with van der Waals surface area (Å²) in [6.07, 6.45) is 7.88. The highest BCUT2D eigenvalue weighted by molar-refractivity contribution is 5.71. The molecule has 0 N–H and O–H groups in total. The largest absolute Gasteiger partial charge is 0.380 e. The van der Waals surface area contributed by atoms with E-state index in [1.54, 1.807) is 0 Å². The maximum atomic E-state index is 10.3. The molecule has 0 aliphatic heterocycles. The van der Waals surface area contributed by atoms with E-state index in [0.29, 0.717) is 0 Å². The van der Waals surface area contributed by atoms with E-state index in [1.807, 2.05) is 20.2 Å². The zero-order valence-corrected chi connectivity index (χ0v) is 9.05. The lowest BCUT2D eigenvalue weighted by Gasteiger charge is -2.13. The van der Waals surface area contributed by atoms with Crippen LogP contribution in [0.4, 0.5) is 0 Å². The quantitative estimate of drug-likeness (QED) is 0.343. The Bertz CT molecular complexity index is 163. The van der Waals surface area contributed by atoms with Crippen LogP contribution in [0.3, 0.4) is 0 Å². The van der Waals surface area contributed by atoms with Crippen molar-refractivity contribution in [2.24, 2.45) is 0 Å². The maximum absolute atomic E-state index is 10.3. The molecule has 0 radical (unpaired) electrons. The summed E-state index contributed by atoms with van der Waals surface area (Å²) in [7, 11) is 2.01. The van der Waals surface area contributed by atoms with E-state index >= 15 is 0 Å². The van der Waals surface area contributed by atoms with Crippen LogP contribution in [0.25, 0.3) is 0 Å². The second-order valence-corrected chi connectivity index (χ2v) is 3.53. The van der Waals surface area contributed by atoms with E-state index in [1.165, 1.54) is 25.7 Å². The number of allylic oxidation sites excluding steroid dienone is 1. The summed E-state index contributed by atoms with van der Waals surface area (Å²) in [5.41, 5.74) is 0.790. The number of rotatable bonds is 7. The lowest BCUT2D eigenvalue weighted by atomic mass is 10.2. The molecule has 76 valence electrons. The number of hydrogen-bond donors (Lipinski definition) is 0. The van der Waals surface area contributed by atoms with Crippen LogP contribution in [0, 0.1) is 0 Å². The Morgan fingerprint density at radius 3 is 2.54 bits per heavy atom. The van der Waals surface area contributed by atoms with Crippen LogP contribution >= 0.6 is 0 Å². The van der Waals surface area contributed by atoms with Crippen molar-refractivity contribution in [3.63, 3.8) is 0 Å². The normalized spacial score (nSPS) is 11.5. The van der Waals surface area contributed by atoms with Crippen LogP contribution in [0.15, 0.2) is 11.8 Å². The van der Waals surface area contributed by atoms with Gasteiger partial charge in [-0.25, -0.2) is 0 Å². The molecule has 0 amide bonds. The molecule has 0 aliphatic rings. The number of carbonyl (C=O) groups is 1. The van der Waals surface area contributed by atoms with Crippen molar-refractivity contribution < 1.29 is 4.79 Å². The van der Waals surface area contributed by atoms with E-state index in [-0.39, 0.29) is 0 Å². The lowest BCUT2D eigenvalue weighted by Crippen LogP contribution is -2.13. The molecule has 0 saturated heterocycles. The maximum Gasteiger partial charge on any atom is 0.147 e. The molecule has 0 atom stereocenters. The molecule has 0 fully saturated rings. The van der Waals surface area contributed by atoms with Gasteiger partial charge in [0, 0.05) is 25.4 Å². The van der Waals surface area contributed by atoms with Crippen LogP contribution in [-0.4, -0.2) is 24.8 Å². The van der Waals surface area contributed by atoms with Gasteiger partial charge in [-0.05, 0) is 13.3 Å². The molecule has 0 aliphatic carbocycles. The summed E-state index contributed by atoms with van der Waals surface area (Å²) in [5, 5.41) is 0. The van der Waals surface area contributed by atoms with Crippen molar-refractivity contribution in [2.75, 3.05) is 13.6 Å². The second kappa shape index (κ2) is 7.84. The Balaban J connectivity index is 3.50. The molecular weight excluding hydrogens is 162 g/mol. The van der Waals surface area contributed by atoms with E-state index in [2.05, 4.69) is 11.8 Å². The van der Waals surface area contributed by atoms with Crippen molar-refractivity contribution in [2.45, 2.75) is 39.5 Å². The minimum Gasteiger partial charge on any atom is -0.380 e. The van der Waals surface area contributed by atoms with Gasteiger partial charge in [0.25, 0.3) is 0 Å². The van der Waals surface area contributed by atoms with Crippen LogP contribution in [0.2, 0.25) is 0 Å². The summed E-state index contributed by atoms with van der Waals surface area (Å²) in [6.45, 7) is 5.08. The van der Waals surface area contributed by atoms with Crippen molar-refractivity contribution >= 4 is 6.29 Å². The van der Waals surface area contributed by atoms with Gasteiger partial charge in [0.05, 0.1) is 0 Å². The van der Waals surface area contributed by atoms with Crippen LogP contribution in [0.1, 0.15) is 39.5 Å². The molecule has 0 bridgehead atoms. The summed E-state index contributed by atoms with van der Waals surface area (Å²) in [4.78, 5) is 12.4. The molecule has 0 unspecified atom stereocenters. The summed E-state index contributed by atoms with van der Waals surface area (Å²) >= 11 is 0. The van der Waals surface area contributed by atoms with Crippen molar-refractivity contribution in [1.29, 1.82) is 0 Å². The third-order valence-corrected chi connectivity index (χ3v) is 1.97. The van der Waals surface area contributed by atoms with E-state index in [9.17, 15) is 4.79 Å². The highest BCUT2D eigenvalue weighted by atomic mass is 16.1. The molecule has 0 aromatic rings. The fourth-order valence-electron chi connectivity index (χ4n) is 1.23. The van der Waals surface area contributed by atoms with Gasteiger partial charge in [-0.3, -0.25) is 4.79 Å². The van der Waals surface area contributed by atoms with Crippen molar-refractivity contribution in [3.05, 3.63) is 11.8 Å². The Labute approximate surface area is 81.6 Å². The average Bonchev–Trinajstić information content (AvgIpc) is 2.12. The van der Waals surface area contributed by atoms with E-state index < -0.39 is 0 Å². The first-order valence-electron chi connectivity index (χ1n) is 5.04. The SMILES string of the molecule is CCCCCCN(C)C=C(C)C=O. The second-order valence-electron chi connectivity index (χ2n) is 3.53. The molecule has 0 saturated carbocycles. The van der Waals surface area contributed by atoms with Gasteiger partial charge in [-0.1, -0.05) is 26.2 Å². The van der Waals surface area contributed by atoms with Gasteiger partial charge in [0.15, 0.2) is 0 Å². The predicted molar refractivity (Wildman–Crippen MR) is 56.6 cm³/mol. The fraction of sp³-hybridized carbons (Fsp3) is 0.727. The highest BCUT2D eigenvalue weighted by Gasteiger charge is 1.93. The predicted octanol–water partition coefficient (Wildman–Crippen LogP) is 2.60. The molecule has 2 nitrogen and oxygen atoms in total. The fourth-order valence-corrected chi connectivity index (χ4v) is 1.23. The number of hydrogen-bond acceptors (Lipinski definition) is 2. The van der Waals surface area contributed by atoms with Gasteiger partial charge >= 0.3 is 0 Å². The van der Waals surface area contributed by atoms with E-state index in [4.69, 9.17) is 0 Å². The van der Waals surface area contributed by atoms with Crippen LogP contribution in [-0.2, 0) is 4.79 Å². The monoisotopic (exact) mass is 183 g/mol.